The quantitative estimate of drug-likeness (QED) is 0.541. The zero-order valence-electron chi connectivity index (χ0n) is 16.6. The zero-order chi connectivity index (χ0) is 21.6. The monoisotopic (exact) mass is 446 g/mol. The molecule has 0 spiro atoms. The molecule has 0 bridgehead atoms. The van der Waals surface area contributed by atoms with Gasteiger partial charge in [0.25, 0.3) is 0 Å². The molecule has 1 heterocycles. The summed E-state index contributed by atoms with van der Waals surface area (Å²) in [6.45, 7) is 0.171. The molecule has 0 unspecified atom stereocenters. The van der Waals surface area contributed by atoms with Gasteiger partial charge < -0.3 is 10.1 Å². The molecule has 3 rings (SSSR count). The van der Waals surface area contributed by atoms with Crippen LogP contribution in [0.5, 0.6) is 5.75 Å². The van der Waals surface area contributed by atoms with Crippen LogP contribution in [0.2, 0.25) is 0 Å². The van der Waals surface area contributed by atoms with E-state index >= 15 is 0 Å². The fraction of sp³-hybridized carbons (Fsp3) is 0.250. The van der Waals surface area contributed by atoms with Gasteiger partial charge in [-0.3, -0.25) is 9.10 Å². The van der Waals surface area contributed by atoms with Crippen molar-refractivity contribution in [3.63, 3.8) is 0 Å². The van der Waals surface area contributed by atoms with Crippen LogP contribution in [0.4, 0.5) is 10.8 Å². The minimum Gasteiger partial charge on any atom is -0.497 e. The number of rotatable bonds is 9. The summed E-state index contributed by atoms with van der Waals surface area (Å²) in [5.41, 5.74) is 1.42. The van der Waals surface area contributed by atoms with Crippen LogP contribution in [-0.2, 0) is 14.8 Å². The summed E-state index contributed by atoms with van der Waals surface area (Å²) in [6.07, 6.45) is 1.63. The molecule has 0 aliphatic carbocycles. The van der Waals surface area contributed by atoms with Crippen molar-refractivity contribution in [1.29, 1.82) is 0 Å². The van der Waals surface area contributed by atoms with Gasteiger partial charge in [0.05, 0.1) is 19.1 Å². The second kappa shape index (κ2) is 9.68. The molecule has 0 aliphatic heterocycles. The highest BCUT2D eigenvalue weighted by Crippen LogP contribution is 2.26. The van der Waals surface area contributed by atoms with Gasteiger partial charge in [-0.1, -0.05) is 47.7 Å². The van der Waals surface area contributed by atoms with Crippen molar-refractivity contribution in [2.45, 2.75) is 12.8 Å². The van der Waals surface area contributed by atoms with Crippen LogP contribution in [0.25, 0.3) is 10.6 Å². The van der Waals surface area contributed by atoms with E-state index in [-0.39, 0.29) is 18.9 Å². The van der Waals surface area contributed by atoms with E-state index in [9.17, 15) is 13.2 Å². The maximum Gasteiger partial charge on any atom is 0.232 e. The summed E-state index contributed by atoms with van der Waals surface area (Å²) in [6, 6.07) is 16.4. The van der Waals surface area contributed by atoms with Crippen molar-refractivity contribution >= 4 is 38.1 Å². The van der Waals surface area contributed by atoms with E-state index in [1.807, 2.05) is 30.3 Å². The Morgan fingerprint density at radius 1 is 1.13 bits per heavy atom. The average molecular weight is 447 g/mol. The SMILES string of the molecule is COc1cccc(N(CCCC(=O)Nc2nnc(-c3ccccc3)s2)S(C)(=O)=O)c1. The summed E-state index contributed by atoms with van der Waals surface area (Å²) in [7, 11) is -1.98. The molecule has 0 saturated carbocycles. The number of ether oxygens (including phenoxy) is 1. The molecule has 2 aromatic carbocycles. The molecule has 1 N–H and O–H groups in total. The molecule has 0 radical (unpaired) electrons. The summed E-state index contributed by atoms with van der Waals surface area (Å²) in [5.74, 6) is 0.314. The predicted molar refractivity (Wildman–Crippen MR) is 118 cm³/mol. The van der Waals surface area contributed by atoms with Gasteiger partial charge >= 0.3 is 0 Å². The average Bonchev–Trinajstić information content (AvgIpc) is 3.19. The third-order valence-corrected chi connectivity index (χ3v) is 6.28. The fourth-order valence-corrected chi connectivity index (χ4v) is 4.51. The highest BCUT2D eigenvalue weighted by molar-refractivity contribution is 7.92. The maximum atomic E-state index is 12.3. The fourth-order valence-electron chi connectivity index (χ4n) is 2.79. The van der Waals surface area contributed by atoms with E-state index in [1.165, 1.54) is 22.8 Å². The minimum absolute atomic E-state index is 0.149. The largest absolute Gasteiger partial charge is 0.497 e. The van der Waals surface area contributed by atoms with Gasteiger partial charge in [0.1, 0.15) is 10.8 Å². The lowest BCUT2D eigenvalue weighted by Crippen LogP contribution is -2.31. The van der Waals surface area contributed by atoms with E-state index in [4.69, 9.17) is 4.74 Å². The standard InChI is InChI=1S/C20H22N4O4S2/c1-28-17-11-6-10-16(14-17)24(30(2,26)27)13-7-12-18(25)21-20-23-22-19(29-20)15-8-4-3-5-9-15/h3-6,8-11,14H,7,12-13H2,1-2H3,(H,21,23,25). The second-order valence-electron chi connectivity index (χ2n) is 6.47. The highest BCUT2D eigenvalue weighted by atomic mass is 32.2. The van der Waals surface area contributed by atoms with Crippen molar-refractivity contribution in [2.75, 3.05) is 29.5 Å². The van der Waals surface area contributed by atoms with Crippen molar-refractivity contribution in [3.05, 3.63) is 54.6 Å². The molecule has 8 nitrogen and oxygen atoms in total. The van der Waals surface area contributed by atoms with Gasteiger partial charge in [0.2, 0.25) is 21.1 Å². The third kappa shape index (κ3) is 5.77. The Kier molecular flexibility index (Phi) is 7.01. The van der Waals surface area contributed by atoms with Gasteiger partial charge in [-0.2, -0.15) is 0 Å². The Morgan fingerprint density at radius 3 is 2.60 bits per heavy atom. The van der Waals surface area contributed by atoms with Gasteiger partial charge in [0, 0.05) is 24.6 Å². The lowest BCUT2D eigenvalue weighted by Gasteiger charge is -2.22. The van der Waals surface area contributed by atoms with Gasteiger partial charge in [-0.25, -0.2) is 8.42 Å². The maximum absolute atomic E-state index is 12.3. The molecule has 0 fully saturated rings. The van der Waals surface area contributed by atoms with Crippen molar-refractivity contribution in [1.82, 2.24) is 10.2 Å². The Bertz CT molecular complexity index is 1100. The Hall–Kier alpha value is -2.98. The zero-order valence-corrected chi connectivity index (χ0v) is 18.2. The number of methoxy groups -OCH3 is 1. The number of hydrogen-bond acceptors (Lipinski definition) is 7. The number of anilines is 2. The third-order valence-electron chi connectivity index (χ3n) is 4.20. The number of nitrogens with one attached hydrogen (secondary N) is 1. The molecule has 30 heavy (non-hydrogen) atoms. The van der Waals surface area contributed by atoms with Crippen LogP contribution in [0.1, 0.15) is 12.8 Å². The summed E-state index contributed by atoms with van der Waals surface area (Å²) in [5, 5.41) is 11.9. The van der Waals surface area contributed by atoms with Crippen molar-refractivity contribution < 1.29 is 17.9 Å². The second-order valence-corrected chi connectivity index (χ2v) is 9.35. The first-order chi connectivity index (χ1) is 14.4. The minimum atomic E-state index is -3.50. The highest BCUT2D eigenvalue weighted by Gasteiger charge is 2.18. The summed E-state index contributed by atoms with van der Waals surface area (Å²) in [4.78, 5) is 12.3. The molecule has 10 heteroatoms. The first-order valence-corrected chi connectivity index (χ1v) is 11.8. The molecule has 0 atom stereocenters. The van der Waals surface area contributed by atoms with Crippen LogP contribution >= 0.6 is 11.3 Å². The topological polar surface area (TPSA) is 101 Å². The number of hydrogen-bond donors (Lipinski definition) is 1. The molecule has 158 valence electrons. The first kappa shape index (κ1) is 21.7. The lowest BCUT2D eigenvalue weighted by atomic mass is 10.2. The first-order valence-electron chi connectivity index (χ1n) is 9.17. The molecule has 1 amide bonds. The number of nitrogens with zero attached hydrogens (tertiary/aromatic N) is 3. The Morgan fingerprint density at radius 2 is 1.90 bits per heavy atom. The van der Waals surface area contributed by atoms with Crippen LogP contribution in [0, 0.1) is 0 Å². The number of carbonyl (C=O) groups is 1. The summed E-state index contributed by atoms with van der Waals surface area (Å²) < 4.78 is 30.8. The molecular weight excluding hydrogens is 424 g/mol. The van der Waals surface area contributed by atoms with Crippen LogP contribution in [0.15, 0.2) is 54.6 Å². The number of benzene rings is 2. The van der Waals surface area contributed by atoms with Crippen molar-refractivity contribution in [3.8, 4) is 16.3 Å². The van der Waals surface area contributed by atoms with Crippen molar-refractivity contribution in [2.24, 2.45) is 0 Å². The molecule has 3 aromatic rings. The van der Waals surface area contributed by atoms with E-state index in [0.717, 1.165) is 11.8 Å². The molecule has 0 saturated heterocycles. The van der Waals surface area contributed by atoms with Gasteiger partial charge in [-0.05, 0) is 18.6 Å². The van der Waals surface area contributed by atoms with E-state index < -0.39 is 10.0 Å². The molecular formula is C20H22N4O4S2. The van der Waals surface area contributed by atoms with Gasteiger partial charge in [0.15, 0.2) is 0 Å². The smallest absolute Gasteiger partial charge is 0.232 e. The number of sulfonamides is 1. The Balaban J connectivity index is 1.58. The Labute approximate surface area is 179 Å². The normalized spacial score (nSPS) is 11.1. The molecule has 1 aromatic heterocycles. The van der Waals surface area contributed by atoms with E-state index in [1.54, 1.807) is 24.3 Å². The predicted octanol–water partition coefficient (Wildman–Crippen LogP) is 3.40. The summed E-state index contributed by atoms with van der Waals surface area (Å²) >= 11 is 1.28. The van der Waals surface area contributed by atoms with Crippen LogP contribution in [0.3, 0.4) is 0 Å². The lowest BCUT2D eigenvalue weighted by molar-refractivity contribution is -0.116. The van der Waals surface area contributed by atoms with E-state index in [0.29, 0.717) is 28.0 Å². The van der Waals surface area contributed by atoms with Crippen LogP contribution < -0.4 is 14.4 Å². The van der Waals surface area contributed by atoms with Gasteiger partial charge in [-0.15, -0.1) is 10.2 Å². The van der Waals surface area contributed by atoms with E-state index in [2.05, 4.69) is 15.5 Å². The molecule has 0 aliphatic rings. The number of amides is 1. The number of carbonyl (C=O) groups excluding carboxylic acids is 1. The van der Waals surface area contributed by atoms with Crippen LogP contribution in [-0.4, -0.2) is 44.4 Å². The number of aromatic nitrogens is 2.